The maximum Gasteiger partial charge on any atom is 0.242 e. The van der Waals surface area contributed by atoms with E-state index in [1.165, 1.54) is 11.0 Å². The number of hydrogen-bond donors (Lipinski definition) is 1. The van der Waals surface area contributed by atoms with Crippen LogP contribution in [0.1, 0.15) is 18.5 Å². The summed E-state index contributed by atoms with van der Waals surface area (Å²) in [4.78, 5) is 11.8. The number of halogens is 1. The average molecular weight is 310 g/mol. The molecule has 94 valence electrons. The summed E-state index contributed by atoms with van der Waals surface area (Å²) in [6.45, 7) is 2.04. The lowest BCUT2D eigenvalue weighted by molar-refractivity contribution is -0.122. The van der Waals surface area contributed by atoms with E-state index in [0.717, 1.165) is 10.0 Å². The molecular formula is C11H12BrN5O. The summed E-state index contributed by atoms with van der Waals surface area (Å²) in [6, 6.07) is 7.70. The molecule has 1 amide bonds. The number of carbonyl (C=O) groups is 1. The zero-order valence-electron chi connectivity index (χ0n) is 9.75. The average Bonchev–Trinajstić information content (AvgIpc) is 2.82. The second-order valence-corrected chi connectivity index (χ2v) is 4.67. The Bertz CT molecular complexity index is 528. The normalized spacial score (nSPS) is 12.1. The van der Waals surface area contributed by atoms with Gasteiger partial charge in [-0.15, -0.1) is 5.10 Å². The number of nitrogens with one attached hydrogen (secondary N) is 1. The molecule has 1 unspecified atom stereocenters. The van der Waals surface area contributed by atoms with Crippen LogP contribution in [0.3, 0.4) is 0 Å². The smallest absolute Gasteiger partial charge is 0.242 e. The standard InChI is InChI=1S/C11H12BrN5O/c1-8(9-4-2-3-5-10(9)12)14-11(18)6-17-7-13-15-16-17/h2-5,7-8H,6H2,1H3,(H,14,18). The Morgan fingerprint density at radius 1 is 1.50 bits per heavy atom. The van der Waals surface area contributed by atoms with E-state index in [4.69, 9.17) is 0 Å². The van der Waals surface area contributed by atoms with Gasteiger partial charge in [0.2, 0.25) is 5.91 Å². The summed E-state index contributed by atoms with van der Waals surface area (Å²) >= 11 is 3.46. The van der Waals surface area contributed by atoms with Crippen molar-refractivity contribution in [3.05, 3.63) is 40.6 Å². The highest BCUT2D eigenvalue weighted by Crippen LogP contribution is 2.22. The van der Waals surface area contributed by atoms with Gasteiger partial charge in [-0.25, -0.2) is 4.68 Å². The molecule has 1 aromatic heterocycles. The fourth-order valence-corrected chi connectivity index (χ4v) is 2.22. The second-order valence-electron chi connectivity index (χ2n) is 3.82. The molecule has 2 rings (SSSR count). The summed E-state index contributed by atoms with van der Waals surface area (Å²) < 4.78 is 2.35. The van der Waals surface area contributed by atoms with E-state index in [9.17, 15) is 4.79 Å². The first-order valence-electron chi connectivity index (χ1n) is 5.41. The van der Waals surface area contributed by atoms with Crippen molar-refractivity contribution >= 4 is 21.8 Å². The highest BCUT2D eigenvalue weighted by molar-refractivity contribution is 9.10. The Kier molecular flexibility index (Phi) is 4.03. The molecule has 0 radical (unpaired) electrons. The lowest BCUT2D eigenvalue weighted by Gasteiger charge is -2.15. The van der Waals surface area contributed by atoms with E-state index in [2.05, 4.69) is 36.8 Å². The zero-order valence-corrected chi connectivity index (χ0v) is 11.3. The van der Waals surface area contributed by atoms with Crippen LogP contribution in [0.15, 0.2) is 35.1 Å². The largest absolute Gasteiger partial charge is 0.348 e. The van der Waals surface area contributed by atoms with E-state index in [1.54, 1.807) is 0 Å². The minimum absolute atomic E-state index is 0.0791. The van der Waals surface area contributed by atoms with Crippen molar-refractivity contribution < 1.29 is 4.79 Å². The molecule has 0 aliphatic heterocycles. The van der Waals surface area contributed by atoms with Crippen molar-refractivity contribution in [1.29, 1.82) is 0 Å². The Balaban J connectivity index is 1.97. The number of amides is 1. The van der Waals surface area contributed by atoms with Crippen molar-refractivity contribution in [2.24, 2.45) is 0 Å². The first-order chi connectivity index (χ1) is 8.66. The van der Waals surface area contributed by atoms with Crippen LogP contribution >= 0.6 is 15.9 Å². The Labute approximate surface area is 113 Å². The van der Waals surface area contributed by atoms with Gasteiger partial charge in [0, 0.05) is 4.47 Å². The van der Waals surface area contributed by atoms with Gasteiger partial charge in [-0.3, -0.25) is 4.79 Å². The maximum absolute atomic E-state index is 11.8. The molecule has 1 aromatic carbocycles. The van der Waals surface area contributed by atoms with Crippen LogP contribution in [0.4, 0.5) is 0 Å². The number of tetrazole rings is 1. The van der Waals surface area contributed by atoms with Crippen molar-refractivity contribution in [2.75, 3.05) is 0 Å². The fraction of sp³-hybridized carbons (Fsp3) is 0.273. The molecule has 0 saturated carbocycles. The molecule has 0 aliphatic rings. The predicted octanol–water partition coefficient (Wildman–Crippen LogP) is 1.31. The molecule has 1 N–H and O–H groups in total. The van der Waals surface area contributed by atoms with Crippen molar-refractivity contribution in [2.45, 2.75) is 19.5 Å². The highest BCUT2D eigenvalue weighted by atomic mass is 79.9. The third kappa shape index (κ3) is 3.13. The second kappa shape index (κ2) is 5.72. The van der Waals surface area contributed by atoms with Crippen LogP contribution in [0.25, 0.3) is 0 Å². The van der Waals surface area contributed by atoms with Crippen LogP contribution < -0.4 is 5.32 Å². The Morgan fingerprint density at radius 3 is 2.94 bits per heavy atom. The van der Waals surface area contributed by atoms with E-state index in [-0.39, 0.29) is 18.5 Å². The van der Waals surface area contributed by atoms with Crippen LogP contribution in [-0.4, -0.2) is 26.1 Å². The zero-order chi connectivity index (χ0) is 13.0. The van der Waals surface area contributed by atoms with Gasteiger partial charge in [0.1, 0.15) is 12.9 Å². The molecule has 0 spiro atoms. The number of nitrogens with zero attached hydrogens (tertiary/aromatic N) is 4. The van der Waals surface area contributed by atoms with Gasteiger partial charge < -0.3 is 5.32 Å². The Morgan fingerprint density at radius 2 is 2.28 bits per heavy atom. The van der Waals surface area contributed by atoms with Crippen molar-refractivity contribution in [3.8, 4) is 0 Å². The lowest BCUT2D eigenvalue weighted by atomic mass is 10.1. The molecule has 0 bridgehead atoms. The molecule has 2 aromatic rings. The van der Waals surface area contributed by atoms with Crippen molar-refractivity contribution in [1.82, 2.24) is 25.5 Å². The minimum atomic E-state index is -0.134. The lowest BCUT2D eigenvalue weighted by Crippen LogP contribution is -2.30. The number of benzene rings is 1. The number of hydrogen-bond acceptors (Lipinski definition) is 4. The number of rotatable bonds is 4. The van der Waals surface area contributed by atoms with E-state index in [0.29, 0.717) is 0 Å². The van der Waals surface area contributed by atoms with E-state index >= 15 is 0 Å². The van der Waals surface area contributed by atoms with Gasteiger partial charge in [-0.2, -0.15) is 0 Å². The summed E-state index contributed by atoms with van der Waals surface area (Å²) in [5.74, 6) is -0.134. The van der Waals surface area contributed by atoms with Crippen molar-refractivity contribution in [3.63, 3.8) is 0 Å². The van der Waals surface area contributed by atoms with Crippen LogP contribution in [0.2, 0.25) is 0 Å². The van der Waals surface area contributed by atoms with Gasteiger partial charge in [0.15, 0.2) is 0 Å². The van der Waals surface area contributed by atoms with E-state index < -0.39 is 0 Å². The molecule has 18 heavy (non-hydrogen) atoms. The fourth-order valence-electron chi connectivity index (χ4n) is 1.59. The van der Waals surface area contributed by atoms with Gasteiger partial charge in [-0.1, -0.05) is 34.1 Å². The molecule has 1 heterocycles. The summed E-state index contributed by atoms with van der Waals surface area (Å²) in [7, 11) is 0. The first kappa shape index (κ1) is 12.7. The molecule has 7 heteroatoms. The monoisotopic (exact) mass is 309 g/mol. The number of aromatic nitrogens is 4. The third-order valence-electron chi connectivity index (χ3n) is 2.45. The third-order valence-corrected chi connectivity index (χ3v) is 3.17. The molecule has 0 fully saturated rings. The number of carbonyl (C=O) groups excluding carboxylic acids is 1. The summed E-state index contributed by atoms with van der Waals surface area (Å²) in [5, 5.41) is 13.5. The van der Waals surface area contributed by atoms with Crippen LogP contribution in [0, 0.1) is 0 Å². The summed E-state index contributed by atoms with van der Waals surface area (Å²) in [6.07, 6.45) is 1.41. The SMILES string of the molecule is CC(NC(=O)Cn1cnnn1)c1ccccc1Br. The minimum Gasteiger partial charge on any atom is -0.348 e. The molecule has 0 aliphatic carbocycles. The van der Waals surface area contributed by atoms with Gasteiger partial charge in [-0.05, 0) is 29.0 Å². The highest BCUT2D eigenvalue weighted by Gasteiger charge is 2.12. The quantitative estimate of drug-likeness (QED) is 0.924. The van der Waals surface area contributed by atoms with Gasteiger partial charge >= 0.3 is 0 Å². The first-order valence-corrected chi connectivity index (χ1v) is 6.20. The van der Waals surface area contributed by atoms with Gasteiger partial charge in [0.25, 0.3) is 0 Å². The topological polar surface area (TPSA) is 72.7 Å². The van der Waals surface area contributed by atoms with Crippen LogP contribution in [-0.2, 0) is 11.3 Å². The predicted molar refractivity (Wildman–Crippen MR) is 68.5 cm³/mol. The maximum atomic E-state index is 11.8. The van der Waals surface area contributed by atoms with E-state index in [1.807, 2.05) is 31.2 Å². The molecule has 6 nitrogen and oxygen atoms in total. The molecular weight excluding hydrogens is 298 g/mol. The molecule has 1 atom stereocenters. The molecule has 0 saturated heterocycles. The summed E-state index contributed by atoms with van der Waals surface area (Å²) in [5.41, 5.74) is 1.03. The van der Waals surface area contributed by atoms with Gasteiger partial charge in [0.05, 0.1) is 6.04 Å². The van der Waals surface area contributed by atoms with Crippen LogP contribution in [0.5, 0.6) is 0 Å². The Hall–Kier alpha value is -1.76.